The van der Waals surface area contributed by atoms with Crippen LogP contribution in [-0.2, 0) is 9.59 Å². The van der Waals surface area contributed by atoms with E-state index in [1.54, 1.807) is 24.0 Å². The molecule has 0 aliphatic carbocycles. The van der Waals surface area contributed by atoms with Gasteiger partial charge < -0.3 is 5.32 Å². The predicted molar refractivity (Wildman–Crippen MR) is 122 cm³/mol. The van der Waals surface area contributed by atoms with E-state index in [1.165, 1.54) is 17.8 Å². The molecule has 6 heteroatoms. The molecule has 1 aliphatic rings. The van der Waals surface area contributed by atoms with Gasteiger partial charge in [-0.05, 0) is 49.6 Å². The Balaban J connectivity index is 1.83. The molecule has 1 saturated heterocycles. The topological polar surface area (TPSA) is 49.4 Å². The molecule has 0 radical (unpaired) electrons. The van der Waals surface area contributed by atoms with Crippen LogP contribution in [0.1, 0.15) is 56.0 Å². The average molecular weight is 429 g/mol. The summed E-state index contributed by atoms with van der Waals surface area (Å²) in [6.07, 6.45) is 3.81. The molecule has 2 aromatic rings. The SMILES string of the molecule is CCCC[C@H](CC)C(=O)Nc1cccc([C@H]2SCC(=O)N2c2cccc(F)c2C)c1. The molecule has 0 unspecified atom stereocenters. The van der Waals surface area contributed by atoms with Crippen molar-refractivity contribution in [1.82, 2.24) is 0 Å². The van der Waals surface area contributed by atoms with Gasteiger partial charge in [0, 0.05) is 17.2 Å². The lowest BCUT2D eigenvalue weighted by atomic mass is 9.98. The fraction of sp³-hybridized carbons (Fsp3) is 0.417. The van der Waals surface area contributed by atoms with Crippen LogP contribution in [0.2, 0.25) is 0 Å². The fourth-order valence-corrected chi connectivity index (χ4v) is 4.93. The van der Waals surface area contributed by atoms with Crippen molar-refractivity contribution in [3.8, 4) is 0 Å². The number of unbranched alkanes of at least 4 members (excludes halogenated alkanes) is 1. The summed E-state index contributed by atoms with van der Waals surface area (Å²) in [5.74, 6) is 0.0125. The summed E-state index contributed by atoms with van der Waals surface area (Å²) < 4.78 is 14.1. The van der Waals surface area contributed by atoms with Crippen LogP contribution in [-0.4, -0.2) is 17.6 Å². The van der Waals surface area contributed by atoms with Crippen LogP contribution in [0.4, 0.5) is 15.8 Å². The van der Waals surface area contributed by atoms with E-state index in [2.05, 4.69) is 12.2 Å². The summed E-state index contributed by atoms with van der Waals surface area (Å²) in [6.45, 7) is 5.85. The van der Waals surface area contributed by atoms with Gasteiger partial charge in [-0.25, -0.2) is 4.39 Å². The second-order valence-corrected chi connectivity index (χ2v) is 8.74. The van der Waals surface area contributed by atoms with E-state index in [1.807, 2.05) is 31.2 Å². The van der Waals surface area contributed by atoms with Crippen LogP contribution >= 0.6 is 11.8 Å². The highest BCUT2D eigenvalue weighted by molar-refractivity contribution is 8.00. The van der Waals surface area contributed by atoms with Crippen LogP contribution < -0.4 is 10.2 Å². The minimum Gasteiger partial charge on any atom is -0.326 e. The Morgan fingerprint density at radius 1 is 1.27 bits per heavy atom. The van der Waals surface area contributed by atoms with Crippen molar-refractivity contribution in [2.24, 2.45) is 5.92 Å². The normalized spacial score (nSPS) is 17.3. The summed E-state index contributed by atoms with van der Waals surface area (Å²) in [5.41, 5.74) is 2.69. The Hall–Kier alpha value is -2.34. The van der Waals surface area contributed by atoms with Crippen molar-refractivity contribution in [2.75, 3.05) is 16.0 Å². The van der Waals surface area contributed by atoms with Crippen molar-refractivity contribution in [2.45, 2.75) is 51.8 Å². The summed E-state index contributed by atoms with van der Waals surface area (Å²) in [4.78, 5) is 27.0. The van der Waals surface area contributed by atoms with Gasteiger partial charge in [0.2, 0.25) is 11.8 Å². The standard InChI is InChI=1S/C24H29FN2O2S/c1-4-6-9-17(5-2)23(29)26-19-11-7-10-18(14-19)24-27(22(28)15-30-24)21-13-8-12-20(25)16(21)3/h7-8,10-14,17,24H,4-6,9,15H2,1-3H3,(H,26,29)/t17-,24+/m0/s1. The largest absolute Gasteiger partial charge is 0.326 e. The smallest absolute Gasteiger partial charge is 0.238 e. The number of carbonyl (C=O) groups is 2. The summed E-state index contributed by atoms with van der Waals surface area (Å²) in [6, 6.07) is 12.4. The van der Waals surface area contributed by atoms with Gasteiger partial charge in [0.1, 0.15) is 11.2 Å². The number of anilines is 2. The highest BCUT2D eigenvalue weighted by atomic mass is 32.2. The van der Waals surface area contributed by atoms with Crippen molar-refractivity contribution < 1.29 is 14.0 Å². The molecule has 2 atom stereocenters. The lowest BCUT2D eigenvalue weighted by Crippen LogP contribution is -2.29. The van der Waals surface area contributed by atoms with E-state index < -0.39 is 0 Å². The van der Waals surface area contributed by atoms with E-state index in [0.29, 0.717) is 17.0 Å². The first-order valence-electron chi connectivity index (χ1n) is 10.6. The van der Waals surface area contributed by atoms with Crippen LogP contribution in [0.25, 0.3) is 0 Å². The quantitative estimate of drug-likeness (QED) is 0.555. The minimum absolute atomic E-state index is 0.00230. The van der Waals surface area contributed by atoms with Gasteiger partial charge in [0.15, 0.2) is 0 Å². The van der Waals surface area contributed by atoms with Gasteiger partial charge in [-0.1, -0.05) is 44.9 Å². The molecule has 1 aliphatic heterocycles. The molecule has 0 saturated carbocycles. The number of nitrogens with one attached hydrogen (secondary N) is 1. The van der Waals surface area contributed by atoms with Crippen LogP contribution in [0, 0.1) is 18.7 Å². The summed E-state index contributed by atoms with van der Waals surface area (Å²) in [5, 5.41) is 2.79. The number of hydrogen-bond donors (Lipinski definition) is 1. The molecule has 0 spiro atoms. The lowest BCUT2D eigenvalue weighted by Gasteiger charge is -2.26. The molecule has 30 heavy (non-hydrogen) atoms. The van der Waals surface area contributed by atoms with Gasteiger partial charge in [-0.15, -0.1) is 11.8 Å². The number of halogens is 1. The zero-order valence-electron chi connectivity index (χ0n) is 17.8. The molecular formula is C24H29FN2O2S. The summed E-state index contributed by atoms with van der Waals surface area (Å²) >= 11 is 1.51. The van der Waals surface area contributed by atoms with E-state index in [9.17, 15) is 14.0 Å². The highest BCUT2D eigenvalue weighted by Gasteiger charge is 2.35. The van der Waals surface area contributed by atoms with Gasteiger partial charge in [0.05, 0.1) is 11.4 Å². The van der Waals surface area contributed by atoms with Crippen LogP contribution in [0.3, 0.4) is 0 Å². The maximum absolute atomic E-state index is 14.1. The van der Waals surface area contributed by atoms with Gasteiger partial charge >= 0.3 is 0 Å². The first-order chi connectivity index (χ1) is 14.5. The number of benzene rings is 2. The van der Waals surface area contributed by atoms with Crippen molar-refractivity contribution >= 4 is 35.0 Å². The second-order valence-electron chi connectivity index (χ2n) is 7.67. The maximum Gasteiger partial charge on any atom is 0.238 e. The molecule has 2 aromatic carbocycles. The Labute approximate surface area is 182 Å². The molecule has 0 aromatic heterocycles. The number of carbonyl (C=O) groups excluding carboxylic acids is 2. The number of rotatable bonds is 8. The van der Waals surface area contributed by atoms with E-state index in [0.717, 1.165) is 36.9 Å². The molecule has 0 bridgehead atoms. The molecule has 1 fully saturated rings. The Morgan fingerprint density at radius 2 is 2.03 bits per heavy atom. The molecule has 2 amide bonds. The number of amides is 2. The molecule has 1 heterocycles. The lowest BCUT2D eigenvalue weighted by molar-refractivity contribution is -0.120. The van der Waals surface area contributed by atoms with E-state index in [4.69, 9.17) is 0 Å². The molecule has 1 N–H and O–H groups in total. The molecule has 3 rings (SSSR count). The fourth-order valence-electron chi connectivity index (χ4n) is 3.77. The molecule has 4 nitrogen and oxygen atoms in total. The average Bonchev–Trinajstić information content (AvgIpc) is 3.12. The Kier molecular flexibility index (Phi) is 7.53. The molecule has 160 valence electrons. The zero-order valence-corrected chi connectivity index (χ0v) is 18.6. The third-order valence-electron chi connectivity index (χ3n) is 5.58. The third-order valence-corrected chi connectivity index (χ3v) is 6.79. The van der Waals surface area contributed by atoms with Gasteiger partial charge in [-0.2, -0.15) is 0 Å². The zero-order chi connectivity index (χ0) is 21.7. The number of nitrogens with zero attached hydrogens (tertiary/aromatic N) is 1. The van der Waals surface area contributed by atoms with Crippen molar-refractivity contribution in [1.29, 1.82) is 0 Å². The molecular weight excluding hydrogens is 399 g/mol. The van der Waals surface area contributed by atoms with Gasteiger partial charge in [0.25, 0.3) is 0 Å². The van der Waals surface area contributed by atoms with Crippen molar-refractivity contribution in [3.63, 3.8) is 0 Å². The van der Waals surface area contributed by atoms with Crippen molar-refractivity contribution in [3.05, 3.63) is 59.4 Å². The van der Waals surface area contributed by atoms with Crippen LogP contribution in [0.15, 0.2) is 42.5 Å². The summed E-state index contributed by atoms with van der Waals surface area (Å²) in [7, 11) is 0. The Bertz CT molecular complexity index is 918. The third kappa shape index (κ3) is 4.86. The predicted octanol–water partition coefficient (Wildman–Crippen LogP) is 6.07. The minimum atomic E-state index is -0.324. The highest BCUT2D eigenvalue weighted by Crippen LogP contribution is 2.43. The maximum atomic E-state index is 14.1. The second kappa shape index (κ2) is 10.1. The van der Waals surface area contributed by atoms with Gasteiger partial charge in [-0.3, -0.25) is 14.5 Å². The Morgan fingerprint density at radius 3 is 2.77 bits per heavy atom. The monoisotopic (exact) mass is 428 g/mol. The van der Waals surface area contributed by atoms with E-state index in [-0.39, 0.29) is 28.9 Å². The first kappa shape index (κ1) is 22.3. The number of hydrogen-bond acceptors (Lipinski definition) is 3. The first-order valence-corrected chi connectivity index (χ1v) is 11.6. The number of thioether (sulfide) groups is 1. The van der Waals surface area contributed by atoms with E-state index >= 15 is 0 Å². The van der Waals surface area contributed by atoms with Crippen LogP contribution in [0.5, 0.6) is 0 Å².